The normalized spacial score (nSPS) is 10.9. The molecule has 1 amide bonds. The minimum Gasteiger partial charge on any atom is -0.267 e. The fourth-order valence-electron chi connectivity index (χ4n) is 2.65. The number of halogens is 2. The van der Waals surface area contributed by atoms with Crippen molar-refractivity contribution in [2.75, 3.05) is 5.43 Å². The molecule has 4 aromatic rings. The van der Waals surface area contributed by atoms with Crippen molar-refractivity contribution in [3.63, 3.8) is 0 Å². The maximum absolute atomic E-state index is 12.8. The van der Waals surface area contributed by atoms with Gasteiger partial charge in [0.25, 0.3) is 17.0 Å². The minimum absolute atomic E-state index is 0.0494. The monoisotopic (exact) mass is 460 g/mol. The van der Waals surface area contributed by atoms with Crippen molar-refractivity contribution in [1.29, 1.82) is 0 Å². The molecule has 0 radical (unpaired) electrons. The Bertz CT molecular complexity index is 1340. The van der Waals surface area contributed by atoms with Gasteiger partial charge in [0.2, 0.25) is 0 Å². The van der Waals surface area contributed by atoms with Crippen LogP contribution in [0.25, 0.3) is 16.6 Å². The number of aromatic amines is 1. The Hall–Kier alpha value is -3.24. The lowest BCUT2D eigenvalue weighted by Crippen LogP contribution is -2.39. The zero-order valence-corrected chi connectivity index (χ0v) is 16.2. The maximum Gasteiger partial charge on any atom is 0.292 e. The van der Waals surface area contributed by atoms with Gasteiger partial charge >= 0.3 is 0 Å². The summed E-state index contributed by atoms with van der Waals surface area (Å²) in [5.41, 5.74) is 1.31. The number of rotatable bonds is 3. The molecule has 3 heterocycles. The Morgan fingerprint density at radius 3 is 2.64 bits per heavy atom. The molecule has 0 saturated carbocycles. The number of benzene rings is 1. The molecule has 0 aliphatic rings. The van der Waals surface area contributed by atoms with Crippen LogP contribution >= 0.6 is 27.5 Å². The van der Waals surface area contributed by atoms with E-state index in [-0.39, 0.29) is 27.3 Å². The summed E-state index contributed by atoms with van der Waals surface area (Å²) in [4.78, 5) is 42.4. The Balaban J connectivity index is 1.78. The van der Waals surface area contributed by atoms with E-state index in [2.05, 4.69) is 36.5 Å². The van der Waals surface area contributed by atoms with Gasteiger partial charge in [0.15, 0.2) is 5.82 Å². The predicted octanol–water partition coefficient (Wildman–Crippen LogP) is 2.07. The molecule has 4 rings (SSSR count). The molecule has 3 aromatic heterocycles. The number of nitrogens with one attached hydrogen (secondary N) is 2. The zero-order chi connectivity index (χ0) is 19.8. The summed E-state index contributed by atoms with van der Waals surface area (Å²) in [6, 6.07) is 11.0. The van der Waals surface area contributed by atoms with Crippen LogP contribution in [0.5, 0.6) is 0 Å². The first kappa shape index (κ1) is 18.1. The Morgan fingerprint density at radius 2 is 1.89 bits per heavy atom. The van der Waals surface area contributed by atoms with Gasteiger partial charge in [-0.1, -0.05) is 23.7 Å². The lowest BCUT2D eigenvalue weighted by molar-refractivity contribution is 0.0996. The first-order chi connectivity index (χ1) is 13.5. The number of hydrogen-bond donors (Lipinski definition) is 2. The fraction of sp³-hybridized carbons (Fsp3) is 0. The van der Waals surface area contributed by atoms with E-state index in [4.69, 9.17) is 11.6 Å². The number of fused-ring (bicyclic) bond motifs is 1. The number of amides is 1. The summed E-state index contributed by atoms with van der Waals surface area (Å²) in [6.45, 7) is 0. The molecule has 1 aromatic carbocycles. The third-order valence-corrected chi connectivity index (χ3v) is 4.57. The molecule has 9 nitrogen and oxygen atoms in total. The second kappa shape index (κ2) is 7.06. The molecular formula is C17H10BrClN6O3. The van der Waals surface area contributed by atoms with E-state index in [9.17, 15) is 14.4 Å². The standard InChI is InChI=1S/C17H10BrClN6O3/c18-13-8-12(24(21-13)14-11(19)6-3-7-20-14)16(27)23-25-17(28)10-5-2-1-4-9(10)15(26)22-25/h1-8H,(H,22,26)(H,23,27). The van der Waals surface area contributed by atoms with E-state index in [0.717, 1.165) is 4.79 Å². The highest BCUT2D eigenvalue weighted by atomic mass is 79.9. The number of aromatic nitrogens is 5. The summed E-state index contributed by atoms with van der Waals surface area (Å²) in [5, 5.41) is 7.17. The number of nitrogens with zero attached hydrogens (tertiary/aromatic N) is 4. The van der Waals surface area contributed by atoms with E-state index < -0.39 is 17.0 Å². The third kappa shape index (κ3) is 3.12. The van der Waals surface area contributed by atoms with E-state index >= 15 is 0 Å². The van der Waals surface area contributed by atoms with Gasteiger partial charge in [-0.15, -0.1) is 0 Å². The first-order valence-corrected chi connectivity index (χ1v) is 9.04. The van der Waals surface area contributed by atoms with Crippen LogP contribution in [0.2, 0.25) is 5.02 Å². The molecule has 28 heavy (non-hydrogen) atoms. The second-order valence-electron chi connectivity index (χ2n) is 5.64. The SMILES string of the molecule is O=C(Nn1[nH]c(=O)c2ccccc2c1=O)c1cc(Br)nn1-c1ncccc1Cl. The first-order valence-electron chi connectivity index (χ1n) is 7.87. The van der Waals surface area contributed by atoms with Crippen LogP contribution in [0.3, 0.4) is 0 Å². The third-order valence-electron chi connectivity index (χ3n) is 3.88. The van der Waals surface area contributed by atoms with E-state index in [0.29, 0.717) is 4.60 Å². The maximum atomic E-state index is 12.8. The lowest BCUT2D eigenvalue weighted by atomic mass is 10.2. The molecule has 0 saturated heterocycles. The van der Waals surface area contributed by atoms with Crippen molar-refractivity contribution in [3.8, 4) is 5.82 Å². The zero-order valence-electron chi connectivity index (χ0n) is 13.9. The number of carbonyl (C=O) groups is 1. The smallest absolute Gasteiger partial charge is 0.267 e. The van der Waals surface area contributed by atoms with Crippen molar-refractivity contribution in [2.24, 2.45) is 0 Å². The molecule has 0 fully saturated rings. The average Bonchev–Trinajstić information content (AvgIpc) is 3.08. The van der Waals surface area contributed by atoms with Crippen LogP contribution in [-0.4, -0.2) is 30.6 Å². The summed E-state index contributed by atoms with van der Waals surface area (Å²) in [6.07, 6.45) is 1.50. The highest BCUT2D eigenvalue weighted by Crippen LogP contribution is 2.21. The van der Waals surface area contributed by atoms with Gasteiger partial charge in [-0.25, -0.2) is 20.2 Å². The van der Waals surface area contributed by atoms with Crippen LogP contribution in [0, 0.1) is 0 Å². The van der Waals surface area contributed by atoms with Gasteiger partial charge in [-0.2, -0.15) is 9.89 Å². The lowest BCUT2D eigenvalue weighted by Gasteiger charge is -2.10. The van der Waals surface area contributed by atoms with Gasteiger partial charge in [-0.05, 0) is 40.2 Å². The number of carbonyl (C=O) groups excluding carboxylic acids is 1. The average molecular weight is 462 g/mol. The largest absolute Gasteiger partial charge is 0.292 e. The van der Waals surface area contributed by atoms with Crippen LogP contribution < -0.4 is 16.5 Å². The summed E-state index contributed by atoms with van der Waals surface area (Å²) in [7, 11) is 0. The molecule has 0 bridgehead atoms. The van der Waals surface area contributed by atoms with Gasteiger partial charge in [0.05, 0.1) is 15.8 Å². The summed E-state index contributed by atoms with van der Waals surface area (Å²) in [5.74, 6) is -0.465. The van der Waals surface area contributed by atoms with Crippen molar-refractivity contribution in [3.05, 3.63) is 84.7 Å². The van der Waals surface area contributed by atoms with E-state index in [1.165, 1.54) is 29.1 Å². The van der Waals surface area contributed by atoms with Crippen LogP contribution in [0.4, 0.5) is 0 Å². The van der Waals surface area contributed by atoms with Crippen molar-refractivity contribution < 1.29 is 4.79 Å². The second-order valence-corrected chi connectivity index (χ2v) is 6.86. The van der Waals surface area contributed by atoms with Crippen LogP contribution in [0.15, 0.2) is 62.9 Å². The molecule has 0 unspecified atom stereocenters. The molecule has 2 N–H and O–H groups in total. The Kier molecular flexibility index (Phi) is 4.57. The predicted molar refractivity (Wildman–Crippen MR) is 107 cm³/mol. The molecule has 140 valence electrons. The van der Waals surface area contributed by atoms with Crippen molar-refractivity contribution in [2.45, 2.75) is 0 Å². The van der Waals surface area contributed by atoms with Gasteiger partial charge in [-0.3, -0.25) is 14.4 Å². The van der Waals surface area contributed by atoms with Crippen molar-refractivity contribution >= 4 is 44.2 Å². The Morgan fingerprint density at radius 1 is 1.14 bits per heavy atom. The number of H-pyrrole nitrogens is 1. The molecule has 11 heteroatoms. The molecular weight excluding hydrogens is 452 g/mol. The Labute approximate surface area is 169 Å². The highest BCUT2D eigenvalue weighted by molar-refractivity contribution is 9.10. The topological polar surface area (TPSA) is 115 Å². The molecule has 0 spiro atoms. The van der Waals surface area contributed by atoms with Crippen molar-refractivity contribution in [1.82, 2.24) is 24.7 Å². The van der Waals surface area contributed by atoms with E-state index in [1.54, 1.807) is 24.3 Å². The van der Waals surface area contributed by atoms with Gasteiger partial charge < -0.3 is 0 Å². The quantitative estimate of drug-likeness (QED) is 0.485. The number of hydrogen-bond acceptors (Lipinski definition) is 5. The fourth-order valence-corrected chi connectivity index (χ4v) is 3.22. The van der Waals surface area contributed by atoms with E-state index in [1.807, 2.05) is 0 Å². The molecule has 0 aliphatic carbocycles. The minimum atomic E-state index is -0.701. The van der Waals surface area contributed by atoms with Crippen LogP contribution in [-0.2, 0) is 0 Å². The molecule has 0 atom stereocenters. The summed E-state index contributed by atoms with van der Waals surface area (Å²) >= 11 is 9.35. The molecule has 0 aliphatic heterocycles. The summed E-state index contributed by atoms with van der Waals surface area (Å²) < 4.78 is 1.59. The van der Waals surface area contributed by atoms with Gasteiger partial charge in [0, 0.05) is 12.3 Å². The van der Waals surface area contributed by atoms with Gasteiger partial charge in [0.1, 0.15) is 10.3 Å². The highest BCUT2D eigenvalue weighted by Gasteiger charge is 2.19. The van der Waals surface area contributed by atoms with Crippen LogP contribution in [0.1, 0.15) is 10.5 Å². The number of pyridine rings is 1.